The summed E-state index contributed by atoms with van der Waals surface area (Å²) >= 11 is 0. The van der Waals surface area contributed by atoms with Gasteiger partial charge in [0, 0.05) is 12.8 Å². The molecule has 3 rings (SSSR count). The maximum Gasteiger partial charge on any atom is 0.345 e. The molecule has 2 aromatic carbocycles. The lowest BCUT2D eigenvalue weighted by Gasteiger charge is -2.11. The van der Waals surface area contributed by atoms with Crippen molar-refractivity contribution in [2.45, 2.75) is 32.4 Å². The van der Waals surface area contributed by atoms with Gasteiger partial charge in [0.25, 0.3) is 0 Å². The quantitative estimate of drug-likeness (QED) is 0.354. The molecule has 164 valence electrons. The van der Waals surface area contributed by atoms with Gasteiger partial charge >= 0.3 is 5.56 Å². The van der Waals surface area contributed by atoms with Gasteiger partial charge in [-0.3, -0.25) is 0 Å². The smallest absolute Gasteiger partial charge is 0.345 e. The van der Waals surface area contributed by atoms with Crippen LogP contribution < -0.4 is 50.1 Å². The Hall–Kier alpha value is -2.28. The highest BCUT2D eigenvalue weighted by Crippen LogP contribution is 2.27. The van der Waals surface area contributed by atoms with Crippen LogP contribution in [0.2, 0.25) is 0 Å². The van der Waals surface area contributed by atoms with Crippen molar-refractivity contribution in [1.29, 1.82) is 0 Å². The van der Waals surface area contributed by atoms with E-state index in [0.717, 1.165) is 41.8 Å². The second-order valence-electron chi connectivity index (χ2n) is 7.05. The number of rotatable bonds is 9. The molecule has 3 aromatic rings. The Bertz CT molecular complexity index is 995. The minimum Gasteiger partial charge on any atom is -1.00 e. The zero-order valence-electron chi connectivity index (χ0n) is 17.5. The molecular weight excluding hydrogens is 425 g/mol. The predicted molar refractivity (Wildman–Crippen MR) is 109 cm³/mol. The van der Waals surface area contributed by atoms with Gasteiger partial charge in [0.1, 0.15) is 10.9 Å². The Balaban J connectivity index is 0.00000225. The fraction of sp³-hybridized carbons (Fsp3) is 0.364. The first-order valence-electron chi connectivity index (χ1n) is 9.66. The van der Waals surface area contributed by atoms with E-state index in [2.05, 4.69) is 23.3 Å². The highest BCUT2D eigenvalue weighted by Gasteiger charge is 2.13. The highest BCUT2D eigenvalue weighted by molar-refractivity contribution is 5.73. The van der Waals surface area contributed by atoms with Crippen molar-refractivity contribution in [2.24, 2.45) is 0 Å². The van der Waals surface area contributed by atoms with E-state index in [-0.39, 0.29) is 30.4 Å². The third kappa shape index (κ3) is 6.36. The Morgan fingerprint density at radius 3 is 2.53 bits per heavy atom. The second kappa shape index (κ2) is 12.4. The summed E-state index contributed by atoms with van der Waals surface area (Å²) in [5.74, 6) is 1.52. The van der Waals surface area contributed by atoms with E-state index in [1.165, 1.54) is 5.56 Å². The molecule has 0 saturated heterocycles. The zero-order valence-corrected chi connectivity index (χ0v) is 19.0. The number of nitrogens with two attached hydrogens (primary N) is 1. The summed E-state index contributed by atoms with van der Waals surface area (Å²) in [6.07, 6.45) is 3.66. The van der Waals surface area contributed by atoms with Crippen LogP contribution in [0.3, 0.4) is 0 Å². The summed E-state index contributed by atoms with van der Waals surface area (Å²) in [6.45, 7) is 3.88. The summed E-state index contributed by atoms with van der Waals surface area (Å²) in [7, 11) is 3.30. The van der Waals surface area contributed by atoms with Crippen LogP contribution in [-0.4, -0.2) is 31.4 Å². The Labute approximate surface area is 189 Å². The minimum absolute atomic E-state index is 0. The Morgan fingerprint density at radius 2 is 1.80 bits per heavy atom. The van der Waals surface area contributed by atoms with Crippen LogP contribution >= 0.6 is 0 Å². The van der Waals surface area contributed by atoms with Crippen LogP contribution in [0, 0.1) is 0 Å². The van der Waals surface area contributed by atoms with Gasteiger partial charge in [-0.2, -0.15) is 4.57 Å². The number of methoxy groups -OCH3 is 2. The van der Waals surface area contributed by atoms with Crippen molar-refractivity contribution in [3.63, 3.8) is 0 Å². The third-order valence-corrected chi connectivity index (χ3v) is 5.07. The number of aromatic amines is 1. The monoisotopic (exact) mass is 453 g/mol. The summed E-state index contributed by atoms with van der Waals surface area (Å²) < 4.78 is 12.4. The average Bonchev–Trinajstić information content (AvgIpc) is 2.73. The molecule has 1 atom stereocenters. The average molecular weight is 454 g/mol. The number of hydrogen-bond acceptors (Lipinski definition) is 3. The molecule has 0 saturated carbocycles. The molecule has 0 aliphatic rings. The number of halogens is 2. The van der Waals surface area contributed by atoms with E-state index < -0.39 is 0 Å². The van der Waals surface area contributed by atoms with Crippen LogP contribution in [-0.2, 0) is 13.0 Å². The van der Waals surface area contributed by atoms with Crippen LogP contribution in [0.25, 0.3) is 10.9 Å². The first-order valence-corrected chi connectivity index (χ1v) is 9.66. The largest absolute Gasteiger partial charge is 1.00 e. The molecule has 3 N–H and O–H groups in total. The van der Waals surface area contributed by atoms with Gasteiger partial charge in [0.2, 0.25) is 6.33 Å². The molecule has 0 bridgehead atoms. The van der Waals surface area contributed by atoms with Crippen LogP contribution in [0.1, 0.15) is 18.9 Å². The number of fused-ring (bicyclic) bond motifs is 1. The van der Waals surface area contributed by atoms with Gasteiger partial charge in [0.15, 0.2) is 11.5 Å². The molecular formula is C22H29Cl2N3O3. The number of quaternary nitrogens is 1. The molecule has 0 fully saturated rings. The number of hydrogen-bond donors (Lipinski definition) is 1. The highest BCUT2D eigenvalue weighted by atomic mass is 35.5. The zero-order chi connectivity index (χ0) is 19.9. The number of aromatic nitrogens is 2. The summed E-state index contributed by atoms with van der Waals surface area (Å²) in [5.41, 5.74) is 2.16. The maximum atomic E-state index is 12.6. The molecule has 6 nitrogen and oxygen atoms in total. The first-order chi connectivity index (χ1) is 13.6. The van der Waals surface area contributed by atoms with Crippen molar-refractivity contribution in [3.8, 4) is 11.5 Å². The number of para-hydroxylation sites is 1. The van der Waals surface area contributed by atoms with Crippen molar-refractivity contribution in [1.82, 2.24) is 4.57 Å². The summed E-state index contributed by atoms with van der Waals surface area (Å²) in [6, 6.07) is 14.1. The van der Waals surface area contributed by atoms with E-state index >= 15 is 0 Å². The van der Waals surface area contributed by atoms with Crippen molar-refractivity contribution < 1.29 is 44.6 Å². The molecule has 0 radical (unpaired) electrons. The second-order valence-corrected chi connectivity index (χ2v) is 7.05. The van der Waals surface area contributed by atoms with E-state index in [0.29, 0.717) is 12.6 Å². The standard InChI is InChI=1S/C22H27N3O3.2ClH/c1-16(23-12-10-17-8-9-20(27-2)21(14-17)28-3)11-13-25-15-24-19-7-5-4-6-18(19)22(25)26;;/h4-9,14-16,23H,10-13H2,1-3H3;2*1H. The van der Waals surface area contributed by atoms with Crippen LogP contribution in [0.15, 0.2) is 53.6 Å². The molecule has 0 aliphatic carbocycles. The number of ether oxygens (including phenoxy) is 2. The molecule has 1 unspecified atom stereocenters. The van der Waals surface area contributed by atoms with Gasteiger partial charge < -0.3 is 39.6 Å². The van der Waals surface area contributed by atoms with E-state index in [4.69, 9.17) is 9.47 Å². The number of H-pyrrole nitrogens is 1. The van der Waals surface area contributed by atoms with Gasteiger partial charge in [-0.1, -0.05) is 18.2 Å². The van der Waals surface area contributed by atoms with Crippen molar-refractivity contribution in [2.75, 3.05) is 20.8 Å². The minimum atomic E-state index is 0. The SMILES string of the molecule is COc1ccc(CC[NH2+]C(C)CCn2c[nH+]c3ccccc3c2=O)cc1OC.[Cl-].[Cl-]. The molecule has 30 heavy (non-hydrogen) atoms. The first kappa shape index (κ1) is 25.8. The van der Waals surface area contributed by atoms with Crippen LogP contribution in [0.5, 0.6) is 11.5 Å². The normalized spacial score (nSPS) is 11.3. The molecule has 1 aromatic heterocycles. The fourth-order valence-electron chi connectivity index (χ4n) is 3.35. The molecule has 0 spiro atoms. The molecule has 0 aliphatic heterocycles. The van der Waals surface area contributed by atoms with E-state index in [1.54, 1.807) is 25.1 Å². The number of benzene rings is 2. The van der Waals surface area contributed by atoms with E-state index in [1.807, 2.05) is 36.4 Å². The predicted octanol–water partition coefficient (Wildman–Crippen LogP) is -4.57. The number of aryl methyl sites for hydroxylation is 1. The van der Waals surface area contributed by atoms with Gasteiger partial charge in [-0.05, 0) is 36.8 Å². The molecule has 8 heteroatoms. The molecule has 0 amide bonds. The lowest BCUT2D eigenvalue weighted by atomic mass is 10.1. The maximum absolute atomic E-state index is 12.6. The Morgan fingerprint density at radius 1 is 1.07 bits per heavy atom. The summed E-state index contributed by atoms with van der Waals surface area (Å²) in [4.78, 5) is 15.8. The topological polar surface area (TPSA) is 71.2 Å². The van der Waals surface area contributed by atoms with Gasteiger partial charge in [-0.25, -0.2) is 9.78 Å². The Kier molecular flexibility index (Phi) is 10.7. The summed E-state index contributed by atoms with van der Waals surface area (Å²) in [5, 5.41) is 3.06. The lowest BCUT2D eigenvalue weighted by molar-refractivity contribution is -0.686. The lowest BCUT2D eigenvalue weighted by Crippen LogP contribution is -3.00. The van der Waals surface area contributed by atoms with Crippen molar-refractivity contribution >= 4 is 10.9 Å². The van der Waals surface area contributed by atoms with Gasteiger partial charge in [-0.15, -0.1) is 0 Å². The van der Waals surface area contributed by atoms with E-state index in [9.17, 15) is 4.79 Å². The fourth-order valence-corrected chi connectivity index (χ4v) is 3.35. The number of nitrogens with one attached hydrogen (secondary N) is 1. The van der Waals surface area contributed by atoms with Crippen molar-refractivity contribution in [3.05, 3.63) is 64.7 Å². The van der Waals surface area contributed by atoms with Crippen LogP contribution in [0.4, 0.5) is 0 Å². The third-order valence-electron chi connectivity index (χ3n) is 5.07. The number of nitrogens with zero attached hydrogens (tertiary/aromatic N) is 1. The molecule has 1 heterocycles. The van der Waals surface area contributed by atoms with Gasteiger partial charge in [0.05, 0.1) is 33.4 Å².